The second-order valence-corrected chi connectivity index (χ2v) is 5.83. The molecule has 1 aromatic carbocycles. The van der Waals surface area contributed by atoms with Crippen molar-refractivity contribution in [3.05, 3.63) is 47.7 Å². The molecule has 1 atom stereocenters. The van der Waals surface area contributed by atoms with E-state index < -0.39 is 21.5 Å². The van der Waals surface area contributed by atoms with Crippen LogP contribution in [0.5, 0.6) is 0 Å². The Bertz CT molecular complexity index is 610. The number of hydrogen-bond acceptors (Lipinski definition) is 3. The van der Waals surface area contributed by atoms with Crippen LogP contribution in [0.15, 0.2) is 42.1 Å². The van der Waals surface area contributed by atoms with Gasteiger partial charge in [-0.1, -0.05) is 30.3 Å². The van der Waals surface area contributed by atoms with Gasteiger partial charge in [0, 0.05) is 6.20 Å². The summed E-state index contributed by atoms with van der Waals surface area (Å²) >= 11 is 0. The smallest absolute Gasteiger partial charge is 0.315 e. The van der Waals surface area contributed by atoms with E-state index in [0.29, 0.717) is 12.1 Å². The number of nitrogens with one attached hydrogen (secondary N) is 1. The maximum absolute atomic E-state index is 11.8. The van der Waals surface area contributed by atoms with Crippen molar-refractivity contribution < 1.29 is 17.8 Å². The SMILES string of the molecule is CC1=CN(Cc2ccccc2)C(=O)NC1S(=O)(=O)O. The molecule has 7 heteroatoms. The number of urea groups is 1. The summed E-state index contributed by atoms with van der Waals surface area (Å²) in [6.07, 6.45) is 1.43. The molecule has 2 rings (SSSR count). The lowest BCUT2D eigenvalue weighted by Crippen LogP contribution is -2.50. The third kappa shape index (κ3) is 3.12. The maximum Gasteiger partial charge on any atom is 0.323 e. The number of amides is 2. The zero-order chi connectivity index (χ0) is 14.0. The first-order valence-electron chi connectivity index (χ1n) is 5.63. The average molecular weight is 282 g/mol. The van der Waals surface area contributed by atoms with Gasteiger partial charge in [-0.15, -0.1) is 0 Å². The minimum absolute atomic E-state index is 0.336. The highest BCUT2D eigenvalue weighted by atomic mass is 32.2. The normalized spacial score (nSPS) is 19.9. The molecule has 102 valence electrons. The van der Waals surface area contributed by atoms with Crippen LogP contribution >= 0.6 is 0 Å². The molecule has 0 spiro atoms. The van der Waals surface area contributed by atoms with Gasteiger partial charge in [0.1, 0.15) is 0 Å². The van der Waals surface area contributed by atoms with Gasteiger partial charge in [0.25, 0.3) is 10.1 Å². The third-order valence-electron chi connectivity index (χ3n) is 2.78. The maximum atomic E-state index is 11.8. The van der Waals surface area contributed by atoms with E-state index in [2.05, 4.69) is 5.32 Å². The first-order chi connectivity index (χ1) is 8.88. The van der Waals surface area contributed by atoms with E-state index in [-0.39, 0.29) is 0 Å². The fourth-order valence-electron chi connectivity index (χ4n) is 1.89. The van der Waals surface area contributed by atoms with Crippen molar-refractivity contribution in [3.8, 4) is 0 Å². The van der Waals surface area contributed by atoms with Gasteiger partial charge in [0.05, 0.1) is 6.54 Å². The average Bonchev–Trinajstić information content (AvgIpc) is 2.33. The molecule has 0 saturated heterocycles. The molecule has 0 radical (unpaired) electrons. The van der Waals surface area contributed by atoms with Gasteiger partial charge < -0.3 is 5.32 Å². The molecule has 19 heavy (non-hydrogen) atoms. The summed E-state index contributed by atoms with van der Waals surface area (Å²) < 4.78 is 31.2. The molecular formula is C12H14N2O4S. The van der Waals surface area contributed by atoms with Crippen LogP contribution in [0.25, 0.3) is 0 Å². The molecule has 1 unspecified atom stereocenters. The van der Waals surface area contributed by atoms with Crippen molar-refractivity contribution >= 4 is 16.1 Å². The fraction of sp³-hybridized carbons (Fsp3) is 0.250. The number of carbonyl (C=O) groups is 1. The highest BCUT2D eigenvalue weighted by molar-refractivity contribution is 7.86. The Morgan fingerprint density at radius 1 is 1.32 bits per heavy atom. The standard InChI is InChI=1S/C12H14N2O4S/c1-9-7-14(8-10-5-3-2-4-6-10)12(15)13-11(9)19(16,17)18/h2-7,11H,8H2,1H3,(H,13,15)(H,16,17,18). The lowest BCUT2D eigenvalue weighted by molar-refractivity contribution is 0.208. The second-order valence-electron chi connectivity index (χ2n) is 4.33. The van der Waals surface area contributed by atoms with Crippen molar-refractivity contribution in [1.82, 2.24) is 10.2 Å². The third-order valence-corrected chi connectivity index (χ3v) is 3.87. The predicted molar refractivity (Wildman–Crippen MR) is 69.6 cm³/mol. The molecular weight excluding hydrogens is 268 g/mol. The van der Waals surface area contributed by atoms with Crippen LogP contribution in [0.4, 0.5) is 4.79 Å². The first-order valence-corrected chi connectivity index (χ1v) is 7.14. The van der Waals surface area contributed by atoms with Crippen molar-refractivity contribution in [2.75, 3.05) is 0 Å². The second kappa shape index (κ2) is 5.02. The summed E-state index contributed by atoms with van der Waals surface area (Å²) in [5.74, 6) is 0. The number of hydrogen-bond donors (Lipinski definition) is 2. The van der Waals surface area contributed by atoms with Crippen LogP contribution in [0, 0.1) is 0 Å². The van der Waals surface area contributed by atoms with Gasteiger partial charge in [-0.05, 0) is 18.1 Å². The molecule has 1 aromatic rings. The predicted octanol–water partition coefficient (Wildman–Crippen LogP) is 1.33. The van der Waals surface area contributed by atoms with Crippen molar-refractivity contribution in [1.29, 1.82) is 0 Å². The van der Waals surface area contributed by atoms with Crippen molar-refractivity contribution in [2.45, 2.75) is 18.8 Å². The molecule has 0 saturated carbocycles. The van der Waals surface area contributed by atoms with Gasteiger partial charge in [0.15, 0.2) is 5.37 Å². The summed E-state index contributed by atoms with van der Waals surface area (Å²) in [5, 5.41) is 0.889. The molecule has 1 aliphatic rings. The van der Waals surface area contributed by atoms with Crippen LogP contribution in [0.2, 0.25) is 0 Å². The lowest BCUT2D eigenvalue weighted by atomic mass is 10.2. The molecule has 0 bridgehead atoms. The monoisotopic (exact) mass is 282 g/mol. The summed E-state index contributed by atoms with van der Waals surface area (Å²) in [4.78, 5) is 13.2. The van der Waals surface area contributed by atoms with Gasteiger partial charge in [-0.3, -0.25) is 9.45 Å². The minimum Gasteiger partial charge on any atom is -0.315 e. The molecule has 0 fully saturated rings. The quantitative estimate of drug-likeness (QED) is 0.819. The van der Waals surface area contributed by atoms with Crippen LogP contribution in [-0.4, -0.2) is 29.3 Å². The van der Waals surface area contributed by atoms with Crippen molar-refractivity contribution in [2.24, 2.45) is 0 Å². The summed E-state index contributed by atoms with van der Waals surface area (Å²) in [6, 6.07) is 8.76. The largest absolute Gasteiger partial charge is 0.323 e. The molecule has 0 aliphatic carbocycles. The van der Waals surface area contributed by atoms with Gasteiger partial charge in [0.2, 0.25) is 0 Å². The van der Waals surface area contributed by atoms with Crippen LogP contribution < -0.4 is 5.32 Å². The Labute approximate surface area is 111 Å². The van der Waals surface area contributed by atoms with E-state index in [0.717, 1.165) is 5.56 Å². The number of benzene rings is 1. The number of nitrogens with zero attached hydrogens (tertiary/aromatic N) is 1. The summed E-state index contributed by atoms with van der Waals surface area (Å²) in [6.45, 7) is 1.87. The van der Waals surface area contributed by atoms with Crippen LogP contribution in [0.1, 0.15) is 12.5 Å². The number of rotatable bonds is 3. The van der Waals surface area contributed by atoms with Crippen LogP contribution in [0.3, 0.4) is 0 Å². The molecule has 2 N–H and O–H groups in total. The molecule has 2 amide bonds. The van der Waals surface area contributed by atoms with E-state index in [1.165, 1.54) is 18.0 Å². The Morgan fingerprint density at radius 3 is 2.53 bits per heavy atom. The Morgan fingerprint density at radius 2 is 1.95 bits per heavy atom. The Hall–Kier alpha value is -1.86. The fourth-order valence-corrected chi connectivity index (χ4v) is 2.67. The summed E-state index contributed by atoms with van der Waals surface area (Å²) in [7, 11) is -4.33. The summed E-state index contributed by atoms with van der Waals surface area (Å²) in [5.41, 5.74) is 1.28. The van der Waals surface area contributed by atoms with E-state index in [1.54, 1.807) is 0 Å². The zero-order valence-corrected chi connectivity index (χ0v) is 11.1. The highest BCUT2D eigenvalue weighted by Gasteiger charge is 2.32. The van der Waals surface area contributed by atoms with Gasteiger partial charge in [-0.25, -0.2) is 4.79 Å². The Balaban J connectivity index is 2.21. The van der Waals surface area contributed by atoms with E-state index >= 15 is 0 Å². The number of carbonyl (C=O) groups excluding carboxylic acids is 1. The van der Waals surface area contributed by atoms with Gasteiger partial charge >= 0.3 is 6.03 Å². The van der Waals surface area contributed by atoms with E-state index in [4.69, 9.17) is 4.55 Å². The highest BCUT2D eigenvalue weighted by Crippen LogP contribution is 2.17. The van der Waals surface area contributed by atoms with Crippen molar-refractivity contribution in [3.63, 3.8) is 0 Å². The molecule has 1 heterocycles. The van der Waals surface area contributed by atoms with E-state index in [9.17, 15) is 13.2 Å². The first kappa shape index (κ1) is 13.6. The Kier molecular flexibility index (Phi) is 3.59. The molecule has 0 aromatic heterocycles. The molecule has 6 nitrogen and oxygen atoms in total. The lowest BCUT2D eigenvalue weighted by Gasteiger charge is -2.29. The van der Waals surface area contributed by atoms with E-state index in [1.807, 2.05) is 30.3 Å². The zero-order valence-electron chi connectivity index (χ0n) is 10.3. The molecule has 1 aliphatic heterocycles. The topological polar surface area (TPSA) is 86.7 Å². The van der Waals surface area contributed by atoms with Gasteiger partial charge in [-0.2, -0.15) is 8.42 Å². The van der Waals surface area contributed by atoms with Crippen LogP contribution in [-0.2, 0) is 16.7 Å². The minimum atomic E-state index is -4.33.